The van der Waals surface area contributed by atoms with E-state index in [0.717, 1.165) is 68.1 Å². The number of fused-ring (bicyclic) bond motifs is 1. The number of carbonyl (C=O) groups excluding carboxylic acids is 2. The number of aliphatic hydroxyl groups excluding tert-OH is 2. The largest absolute Gasteiger partial charge is 0.508 e. The van der Waals surface area contributed by atoms with Gasteiger partial charge in [-0.05, 0) is 68.2 Å². The first-order valence-corrected chi connectivity index (χ1v) is 14.3. The fraction of sp³-hybridized carbons (Fsp3) is 0.613. The molecule has 0 radical (unpaired) electrons. The molecule has 4 rings (SSSR count). The average Bonchev–Trinajstić information content (AvgIpc) is 3.16. The van der Waals surface area contributed by atoms with Crippen LogP contribution in [0.25, 0.3) is 6.08 Å². The molecule has 6 heteroatoms. The lowest BCUT2D eigenvalue weighted by atomic mass is 9.67. The lowest BCUT2D eigenvalue weighted by Gasteiger charge is -2.36. The van der Waals surface area contributed by atoms with Gasteiger partial charge in [-0.3, -0.25) is 14.5 Å². The highest BCUT2D eigenvalue weighted by Crippen LogP contribution is 2.48. The second-order valence-corrected chi connectivity index (χ2v) is 11.1. The second kappa shape index (κ2) is 12.4. The predicted octanol–water partition coefficient (Wildman–Crippen LogP) is 5.37. The molecule has 1 aliphatic heterocycles. The number of benzene rings is 1. The molecule has 0 aromatic heterocycles. The summed E-state index contributed by atoms with van der Waals surface area (Å²) in [6.45, 7) is 3.94. The van der Waals surface area contributed by atoms with Crippen molar-refractivity contribution < 1.29 is 24.9 Å². The van der Waals surface area contributed by atoms with Gasteiger partial charge in [-0.15, -0.1) is 0 Å². The Balaban J connectivity index is 1.55. The zero-order valence-corrected chi connectivity index (χ0v) is 22.4. The van der Waals surface area contributed by atoms with Crippen molar-refractivity contribution in [2.45, 2.75) is 96.6 Å². The van der Waals surface area contributed by atoms with Crippen molar-refractivity contribution in [3.63, 3.8) is 0 Å². The number of aliphatic hydroxyl groups is 2. The van der Waals surface area contributed by atoms with Crippen LogP contribution in [0, 0.1) is 17.8 Å². The Bertz CT molecular complexity index is 1020. The molecular formula is C31H43NO5. The van der Waals surface area contributed by atoms with E-state index in [0.29, 0.717) is 19.3 Å². The Morgan fingerprint density at radius 1 is 1.08 bits per heavy atom. The number of hydrogen-bond donors (Lipinski definition) is 3. The van der Waals surface area contributed by atoms with Gasteiger partial charge in [-0.2, -0.15) is 0 Å². The monoisotopic (exact) mass is 509 g/mol. The molecule has 1 heterocycles. The highest BCUT2D eigenvalue weighted by molar-refractivity contribution is 6.06. The van der Waals surface area contributed by atoms with Gasteiger partial charge in [0.15, 0.2) is 0 Å². The number of hydrogen-bond acceptors (Lipinski definition) is 5. The maximum absolute atomic E-state index is 13.7. The Morgan fingerprint density at radius 3 is 2.41 bits per heavy atom. The summed E-state index contributed by atoms with van der Waals surface area (Å²) in [4.78, 5) is 28.7. The van der Waals surface area contributed by atoms with Gasteiger partial charge in [-0.25, -0.2) is 0 Å². The molecule has 3 N–H and O–H groups in total. The lowest BCUT2D eigenvalue weighted by molar-refractivity contribution is -0.143. The zero-order chi connectivity index (χ0) is 26.5. The van der Waals surface area contributed by atoms with Crippen LogP contribution in [-0.4, -0.2) is 50.8 Å². The number of nitrogens with zero attached hydrogens (tertiary/aromatic N) is 1. The molecule has 2 fully saturated rings. The van der Waals surface area contributed by atoms with Crippen LogP contribution < -0.4 is 0 Å². The first-order chi connectivity index (χ1) is 17.9. The molecule has 3 aliphatic rings. The van der Waals surface area contributed by atoms with E-state index in [1.54, 1.807) is 17.0 Å². The van der Waals surface area contributed by atoms with Crippen LogP contribution >= 0.6 is 0 Å². The standard InChI is InChI=1S/C31H43NO5/c1-3-8-22-18-25-29(31(37)32(30(25)36)23-9-6-5-7-10-23)26(19-33)28(22)27(35)16-13-20(4-2)17-21-11-14-24(34)15-12-21/h11-12,14-15,17,23,25-27,29,33-35H,3-10,13,16,18-19H2,1-2H3/b20-17+/t25-,26+,27-,29-/m1/s1. The Labute approximate surface area is 221 Å². The molecule has 37 heavy (non-hydrogen) atoms. The van der Waals surface area contributed by atoms with Crippen molar-refractivity contribution >= 4 is 17.9 Å². The van der Waals surface area contributed by atoms with Gasteiger partial charge >= 0.3 is 0 Å². The number of phenols is 1. The zero-order valence-electron chi connectivity index (χ0n) is 22.4. The fourth-order valence-corrected chi connectivity index (χ4v) is 6.86. The van der Waals surface area contributed by atoms with Crippen LogP contribution in [-0.2, 0) is 9.59 Å². The third kappa shape index (κ3) is 5.85. The molecule has 0 unspecified atom stereocenters. The molecule has 2 amide bonds. The maximum atomic E-state index is 13.7. The van der Waals surface area contributed by atoms with Gasteiger partial charge in [0.2, 0.25) is 11.8 Å². The lowest BCUT2D eigenvalue weighted by Crippen LogP contribution is -2.42. The molecule has 2 aliphatic carbocycles. The third-order valence-electron chi connectivity index (χ3n) is 8.72. The number of carbonyl (C=O) groups is 2. The smallest absolute Gasteiger partial charge is 0.234 e. The molecule has 1 aromatic carbocycles. The fourth-order valence-electron chi connectivity index (χ4n) is 6.86. The van der Waals surface area contributed by atoms with E-state index in [1.165, 1.54) is 5.57 Å². The van der Waals surface area contributed by atoms with Gasteiger partial charge in [0.1, 0.15) is 5.75 Å². The molecule has 0 bridgehead atoms. The van der Waals surface area contributed by atoms with Crippen LogP contribution in [0.2, 0.25) is 0 Å². The number of rotatable bonds is 10. The summed E-state index contributed by atoms with van der Waals surface area (Å²) in [5.74, 6) is -1.46. The van der Waals surface area contributed by atoms with E-state index >= 15 is 0 Å². The Hall–Kier alpha value is -2.44. The van der Waals surface area contributed by atoms with E-state index in [-0.39, 0.29) is 30.2 Å². The van der Waals surface area contributed by atoms with Crippen LogP contribution in [0.3, 0.4) is 0 Å². The van der Waals surface area contributed by atoms with Crippen molar-refractivity contribution in [3.8, 4) is 5.75 Å². The SMILES string of the molecule is CCCC1=C([C@H](O)CC/C(=C/c2ccc(O)cc2)CC)[C@H](CO)[C@@H]2C(=O)N(C3CCCCC3)C(=O)[C@@H]2C1. The van der Waals surface area contributed by atoms with Crippen molar-refractivity contribution in [2.24, 2.45) is 17.8 Å². The first-order valence-electron chi connectivity index (χ1n) is 14.3. The van der Waals surface area contributed by atoms with Gasteiger partial charge in [-0.1, -0.05) is 68.9 Å². The topological polar surface area (TPSA) is 98.1 Å². The van der Waals surface area contributed by atoms with Crippen molar-refractivity contribution in [1.82, 2.24) is 4.90 Å². The normalized spacial score (nSPS) is 26.1. The summed E-state index contributed by atoms with van der Waals surface area (Å²) in [5.41, 5.74) is 4.05. The molecule has 4 atom stereocenters. The molecule has 1 saturated carbocycles. The number of imide groups is 1. The molecular weight excluding hydrogens is 466 g/mol. The first kappa shape index (κ1) is 27.6. The summed E-state index contributed by atoms with van der Waals surface area (Å²) in [5, 5.41) is 31.5. The number of likely N-dealkylation sites (tertiary alicyclic amines) is 1. The number of amides is 2. The third-order valence-corrected chi connectivity index (χ3v) is 8.72. The summed E-state index contributed by atoms with van der Waals surface area (Å²) >= 11 is 0. The minimum absolute atomic E-state index is 0.0150. The van der Waals surface area contributed by atoms with Crippen LogP contribution in [0.5, 0.6) is 5.75 Å². The summed E-state index contributed by atoms with van der Waals surface area (Å²) in [6.07, 6.45) is 10.5. The number of allylic oxidation sites excluding steroid dienone is 2. The van der Waals surface area contributed by atoms with Crippen molar-refractivity contribution in [3.05, 3.63) is 46.5 Å². The van der Waals surface area contributed by atoms with E-state index < -0.39 is 23.9 Å². The summed E-state index contributed by atoms with van der Waals surface area (Å²) in [6, 6.07) is 7.05. The highest BCUT2D eigenvalue weighted by atomic mass is 16.3. The maximum Gasteiger partial charge on any atom is 0.234 e. The van der Waals surface area contributed by atoms with Crippen molar-refractivity contribution in [1.29, 1.82) is 0 Å². The van der Waals surface area contributed by atoms with E-state index in [9.17, 15) is 24.9 Å². The van der Waals surface area contributed by atoms with Gasteiger partial charge in [0, 0.05) is 12.0 Å². The molecule has 0 spiro atoms. The van der Waals surface area contributed by atoms with E-state index in [4.69, 9.17) is 0 Å². The quantitative estimate of drug-likeness (QED) is 0.291. The highest BCUT2D eigenvalue weighted by Gasteiger charge is 2.56. The predicted molar refractivity (Wildman–Crippen MR) is 144 cm³/mol. The molecule has 1 aromatic rings. The van der Waals surface area contributed by atoms with Gasteiger partial charge in [0.05, 0.1) is 24.5 Å². The van der Waals surface area contributed by atoms with Crippen LogP contribution in [0.15, 0.2) is 41.0 Å². The average molecular weight is 510 g/mol. The molecule has 202 valence electrons. The summed E-state index contributed by atoms with van der Waals surface area (Å²) < 4.78 is 0. The van der Waals surface area contributed by atoms with Crippen molar-refractivity contribution in [2.75, 3.05) is 6.61 Å². The molecule has 6 nitrogen and oxygen atoms in total. The molecule has 1 saturated heterocycles. The minimum atomic E-state index is -0.763. The van der Waals surface area contributed by atoms with E-state index in [2.05, 4.69) is 19.9 Å². The van der Waals surface area contributed by atoms with E-state index in [1.807, 2.05) is 12.1 Å². The minimum Gasteiger partial charge on any atom is -0.508 e. The number of phenolic OH excluding ortho intramolecular Hbond substituents is 1. The van der Waals surface area contributed by atoms with Crippen LogP contribution in [0.1, 0.15) is 90.0 Å². The van der Waals surface area contributed by atoms with Crippen LogP contribution in [0.4, 0.5) is 0 Å². The van der Waals surface area contributed by atoms with Gasteiger partial charge in [0.25, 0.3) is 0 Å². The number of aromatic hydroxyl groups is 1. The Kier molecular flexibility index (Phi) is 9.25. The summed E-state index contributed by atoms with van der Waals surface area (Å²) in [7, 11) is 0. The second-order valence-electron chi connectivity index (χ2n) is 11.1. The Morgan fingerprint density at radius 2 is 1.78 bits per heavy atom. The van der Waals surface area contributed by atoms with Gasteiger partial charge < -0.3 is 15.3 Å².